The second kappa shape index (κ2) is 6.55. The number of hydrogen-bond acceptors (Lipinski definition) is 6. The number of ether oxygens (including phenoxy) is 2. The zero-order valence-electron chi connectivity index (χ0n) is 11.6. The number of aliphatic carboxylic acids is 1. The molecule has 0 aliphatic carbocycles. The van der Waals surface area contributed by atoms with Crippen molar-refractivity contribution in [1.29, 1.82) is 0 Å². The zero-order chi connectivity index (χ0) is 16.2. The maximum atomic E-state index is 12.2. The highest BCUT2D eigenvalue weighted by molar-refractivity contribution is 7.89. The second-order valence-electron chi connectivity index (χ2n) is 4.04. The Morgan fingerprint density at radius 2 is 1.90 bits per heavy atom. The fraction of sp³-hybridized carbons (Fsp3) is 0.333. The molecule has 0 unspecified atom stereocenters. The van der Waals surface area contributed by atoms with Gasteiger partial charge < -0.3 is 14.6 Å². The maximum Gasteiger partial charge on any atom is 0.337 e. The molecule has 0 heterocycles. The van der Waals surface area contributed by atoms with Gasteiger partial charge in [-0.05, 0) is 25.1 Å². The van der Waals surface area contributed by atoms with E-state index in [-0.39, 0.29) is 16.2 Å². The lowest BCUT2D eigenvalue weighted by Gasteiger charge is -2.13. The fourth-order valence-corrected chi connectivity index (χ4v) is 2.87. The SMILES string of the molecule is COC(=O)c1ccc(OC)c(S(=O)(=O)N[C@@H](C)C(=O)O)c1. The number of carbonyl (C=O) groups is 2. The molecular formula is C12H15NO7S. The number of nitrogens with one attached hydrogen (secondary N) is 1. The number of sulfonamides is 1. The minimum atomic E-state index is -4.18. The molecule has 1 aromatic rings. The van der Waals surface area contributed by atoms with Crippen LogP contribution in [0.4, 0.5) is 0 Å². The summed E-state index contributed by atoms with van der Waals surface area (Å²) in [4.78, 5) is 21.9. The summed E-state index contributed by atoms with van der Waals surface area (Å²) in [7, 11) is -1.76. The standard InChI is InChI=1S/C12H15NO7S/c1-7(11(14)15)13-21(17,18)10-6-8(12(16)20-3)4-5-9(10)19-2/h4-7,13H,1-3H3,(H,14,15)/t7-/m0/s1. The molecule has 0 fully saturated rings. The van der Waals surface area contributed by atoms with E-state index < -0.39 is 28.0 Å². The van der Waals surface area contributed by atoms with Crippen LogP contribution in [0.1, 0.15) is 17.3 Å². The van der Waals surface area contributed by atoms with Crippen LogP contribution in [0.5, 0.6) is 5.75 Å². The first-order valence-corrected chi connectivity index (χ1v) is 7.22. The highest BCUT2D eigenvalue weighted by Crippen LogP contribution is 2.25. The van der Waals surface area contributed by atoms with E-state index in [1.807, 2.05) is 4.72 Å². The molecule has 1 atom stereocenters. The van der Waals surface area contributed by atoms with E-state index in [1.165, 1.54) is 26.2 Å². The highest BCUT2D eigenvalue weighted by atomic mass is 32.2. The van der Waals surface area contributed by atoms with Gasteiger partial charge in [-0.2, -0.15) is 4.72 Å². The Kier molecular flexibility index (Phi) is 5.28. The van der Waals surface area contributed by atoms with Crippen molar-refractivity contribution in [1.82, 2.24) is 4.72 Å². The Morgan fingerprint density at radius 3 is 2.38 bits per heavy atom. The third-order valence-electron chi connectivity index (χ3n) is 2.58. The predicted octanol–water partition coefficient (Wildman–Crippen LogP) is 0.233. The number of carboxylic acid groups (broad SMARTS) is 1. The van der Waals surface area contributed by atoms with Crippen LogP contribution >= 0.6 is 0 Å². The molecule has 0 radical (unpaired) electrons. The van der Waals surface area contributed by atoms with Crippen molar-refractivity contribution in [3.05, 3.63) is 23.8 Å². The topological polar surface area (TPSA) is 119 Å². The molecule has 9 heteroatoms. The zero-order valence-corrected chi connectivity index (χ0v) is 12.4. The van der Waals surface area contributed by atoms with Crippen LogP contribution in [0.3, 0.4) is 0 Å². The molecule has 0 amide bonds. The molecule has 116 valence electrons. The summed E-state index contributed by atoms with van der Waals surface area (Å²) in [6, 6.07) is 2.35. The first-order valence-electron chi connectivity index (χ1n) is 5.74. The van der Waals surface area contributed by atoms with Crippen molar-refractivity contribution in [2.75, 3.05) is 14.2 Å². The van der Waals surface area contributed by atoms with Gasteiger partial charge in [-0.1, -0.05) is 0 Å². The van der Waals surface area contributed by atoms with E-state index >= 15 is 0 Å². The Balaban J connectivity index is 3.31. The predicted molar refractivity (Wildman–Crippen MR) is 71.8 cm³/mol. The number of esters is 1. The first kappa shape index (κ1) is 16.9. The summed E-state index contributed by atoms with van der Waals surface area (Å²) >= 11 is 0. The molecule has 0 saturated carbocycles. The third kappa shape index (κ3) is 3.92. The molecule has 0 aliphatic rings. The molecule has 21 heavy (non-hydrogen) atoms. The average Bonchev–Trinajstić information content (AvgIpc) is 2.45. The molecule has 0 bridgehead atoms. The van der Waals surface area contributed by atoms with Crippen molar-refractivity contribution in [3.63, 3.8) is 0 Å². The van der Waals surface area contributed by atoms with Gasteiger partial charge >= 0.3 is 11.9 Å². The van der Waals surface area contributed by atoms with Crippen molar-refractivity contribution < 1.29 is 32.6 Å². The van der Waals surface area contributed by atoms with E-state index in [9.17, 15) is 18.0 Å². The first-order chi connectivity index (χ1) is 9.72. The van der Waals surface area contributed by atoms with E-state index in [0.29, 0.717) is 0 Å². The van der Waals surface area contributed by atoms with Crippen molar-refractivity contribution >= 4 is 22.0 Å². The van der Waals surface area contributed by atoms with Crippen LogP contribution in [0.25, 0.3) is 0 Å². The molecule has 0 spiro atoms. The smallest absolute Gasteiger partial charge is 0.337 e. The maximum absolute atomic E-state index is 12.2. The third-order valence-corrected chi connectivity index (χ3v) is 4.14. The van der Waals surface area contributed by atoms with Gasteiger partial charge in [0.15, 0.2) is 0 Å². The summed E-state index contributed by atoms with van der Waals surface area (Å²) < 4.78 is 35.8. The Hall–Kier alpha value is -2.13. The molecule has 8 nitrogen and oxygen atoms in total. The van der Waals surface area contributed by atoms with Crippen LogP contribution in [0, 0.1) is 0 Å². The normalized spacial score (nSPS) is 12.5. The molecular weight excluding hydrogens is 302 g/mol. The minimum absolute atomic E-state index is 0.00153. The fourth-order valence-electron chi connectivity index (χ4n) is 1.48. The van der Waals surface area contributed by atoms with Gasteiger partial charge in [0.05, 0.1) is 19.8 Å². The lowest BCUT2D eigenvalue weighted by Crippen LogP contribution is -2.38. The number of benzene rings is 1. The van der Waals surface area contributed by atoms with Crippen LogP contribution in [-0.2, 0) is 19.6 Å². The quantitative estimate of drug-likeness (QED) is 0.721. The van der Waals surface area contributed by atoms with Crippen molar-refractivity contribution in [2.45, 2.75) is 17.9 Å². The van der Waals surface area contributed by atoms with Gasteiger partial charge in [0.1, 0.15) is 16.7 Å². The van der Waals surface area contributed by atoms with Crippen molar-refractivity contribution in [2.24, 2.45) is 0 Å². The van der Waals surface area contributed by atoms with Gasteiger partial charge in [-0.15, -0.1) is 0 Å². The average molecular weight is 317 g/mol. The largest absolute Gasteiger partial charge is 0.495 e. The monoisotopic (exact) mass is 317 g/mol. The highest BCUT2D eigenvalue weighted by Gasteiger charge is 2.26. The van der Waals surface area contributed by atoms with Gasteiger partial charge in [-0.3, -0.25) is 4.79 Å². The second-order valence-corrected chi connectivity index (χ2v) is 5.72. The van der Waals surface area contributed by atoms with Crippen LogP contribution < -0.4 is 9.46 Å². The van der Waals surface area contributed by atoms with Gasteiger partial charge in [-0.25, -0.2) is 13.2 Å². The number of carbonyl (C=O) groups excluding carboxylic acids is 1. The summed E-state index contributed by atoms with van der Waals surface area (Å²) in [5, 5.41) is 8.77. The number of methoxy groups -OCH3 is 2. The van der Waals surface area contributed by atoms with E-state index in [4.69, 9.17) is 9.84 Å². The van der Waals surface area contributed by atoms with Gasteiger partial charge in [0.25, 0.3) is 0 Å². The van der Waals surface area contributed by atoms with Crippen molar-refractivity contribution in [3.8, 4) is 5.75 Å². The summed E-state index contributed by atoms with van der Waals surface area (Å²) in [6.07, 6.45) is 0. The van der Waals surface area contributed by atoms with Crippen LogP contribution in [-0.4, -0.2) is 45.7 Å². The molecule has 1 rings (SSSR count). The van der Waals surface area contributed by atoms with E-state index in [1.54, 1.807) is 0 Å². The Labute approximate surface area is 121 Å². The van der Waals surface area contributed by atoms with Crippen LogP contribution in [0.2, 0.25) is 0 Å². The van der Waals surface area contributed by atoms with E-state index in [0.717, 1.165) is 13.2 Å². The van der Waals surface area contributed by atoms with Gasteiger partial charge in [0.2, 0.25) is 10.0 Å². The number of hydrogen-bond donors (Lipinski definition) is 2. The molecule has 2 N–H and O–H groups in total. The summed E-state index contributed by atoms with van der Waals surface area (Å²) in [6.45, 7) is 1.18. The summed E-state index contributed by atoms with van der Waals surface area (Å²) in [5.41, 5.74) is 0.00153. The van der Waals surface area contributed by atoms with E-state index in [2.05, 4.69) is 4.74 Å². The molecule has 0 aliphatic heterocycles. The molecule has 0 saturated heterocycles. The summed E-state index contributed by atoms with van der Waals surface area (Å²) in [5.74, 6) is -2.07. The number of rotatable bonds is 6. The minimum Gasteiger partial charge on any atom is -0.495 e. The lowest BCUT2D eigenvalue weighted by molar-refractivity contribution is -0.138. The van der Waals surface area contributed by atoms with Crippen LogP contribution in [0.15, 0.2) is 23.1 Å². The van der Waals surface area contributed by atoms with Gasteiger partial charge in [0, 0.05) is 0 Å². The Bertz CT molecular complexity index is 654. The molecule has 0 aromatic heterocycles. The number of carboxylic acids is 1. The molecule has 1 aromatic carbocycles. The lowest BCUT2D eigenvalue weighted by atomic mass is 10.2. The Morgan fingerprint density at radius 1 is 1.29 bits per heavy atom.